The quantitative estimate of drug-likeness (QED) is 0.841. The first-order valence-electron chi connectivity index (χ1n) is 5.98. The number of carbonyl (C=O) groups excluding carboxylic acids is 1. The number of carbonyl (C=O) groups is 1. The topological polar surface area (TPSA) is 46.5 Å². The Labute approximate surface area is 106 Å². The van der Waals surface area contributed by atoms with Crippen molar-refractivity contribution in [3.63, 3.8) is 0 Å². The molecule has 2 rings (SSSR count). The zero-order chi connectivity index (χ0) is 13.3. The van der Waals surface area contributed by atoms with E-state index in [0.29, 0.717) is 24.0 Å². The highest BCUT2D eigenvalue weighted by atomic mass is 19.1. The molecule has 1 aromatic carbocycles. The van der Waals surface area contributed by atoms with Gasteiger partial charge in [-0.05, 0) is 43.4 Å². The monoisotopic (exact) mass is 252 g/mol. The van der Waals surface area contributed by atoms with Gasteiger partial charge < -0.3 is 9.84 Å². The van der Waals surface area contributed by atoms with Gasteiger partial charge in [0.2, 0.25) is 0 Å². The minimum absolute atomic E-state index is 0.0380. The summed E-state index contributed by atoms with van der Waals surface area (Å²) in [5, 5.41) is 10.1. The first-order valence-corrected chi connectivity index (χ1v) is 5.98. The Morgan fingerprint density at radius 1 is 1.44 bits per heavy atom. The Kier molecular flexibility index (Phi) is 3.39. The maximum absolute atomic E-state index is 13.4. The van der Waals surface area contributed by atoms with E-state index in [0.717, 1.165) is 0 Å². The van der Waals surface area contributed by atoms with Gasteiger partial charge in [-0.1, -0.05) is 12.1 Å². The van der Waals surface area contributed by atoms with E-state index in [9.17, 15) is 14.3 Å². The smallest absolute Gasteiger partial charge is 0.337 e. The molecule has 3 nitrogen and oxygen atoms in total. The lowest BCUT2D eigenvalue weighted by molar-refractivity contribution is -0.0460. The van der Waals surface area contributed by atoms with Crippen molar-refractivity contribution >= 4 is 5.97 Å². The van der Waals surface area contributed by atoms with Crippen LogP contribution in [0.3, 0.4) is 0 Å². The summed E-state index contributed by atoms with van der Waals surface area (Å²) in [6, 6.07) is 6.59. The van der Waals surface area contributed by atoms with Crippen LogP contribution in [0.4, 0.5) is 4.39 Å². The van der Waals surface area contributed by atoms with E-state index in [2.05, 4.69) is 4.74 Å². The average Bonchev–Trinajstić information content (AvgIpc) is 2.34. The van der Waals surface area contributed by atoms with E-state index in [1.165, 1.54) is 7.11 Å². The van der Waals surface area contributed by atoms with E-state index in [-0.39, 0.29) is 5.92 Å². The van der Waals surface area contributed by atoms with Crippen LogP contribution in [0.5, 0.6) is 0 Å². The van der Waals surface area contributed by atoms with Crippen LogP contribution in [0.1, 0.15) is 41.8 Å². The van der Waals surface area contributed by atoms with Gasteiger partial charge in [-0.3, -0.25) is 0 Å². The van der Waals surface area contributed by atoms with Crippen LogP contribution in [0, 0.1) is 5.92 Å². The van der Waals surface area contributed by atoms with E-state index < -0.39 is 17.7 Å². The van der Waals surface area contributed by atoms with Crippen molar-refractivity contribution < 1.29 is 19.0 Å². The maximum atomic E-state index is 13.4. The number of methoxy groups -OCH3 is 1. The second-order valence-corrected chi connectivity index (χ2v) is 5.14. The molecule has 1 aliphatic carbocycles. The Hall–Kier alpha value is -1.42. The van der Waals surface area contributed by atoms with Crippen molar-refractivity contribution in [3.05, 3.63) is 35.4 Å². The fourth-order valence-electron chi connectivity index (χ4n) is 2.46. The van der Waals surface area contributed by atoms with Crippen LogP contribution in [-0.2, 0) is 4.74 Å². The summed E-state index contributed by atoms with van der Waals surface area (Å²) in [6.07, 6.45) is 0.0975. The summed E-state index contributed by atoms with van der Waals surface area (Å²) < 4.78 is 18.0. The molecule has 0 aliphatic heterocycles. The van der Waals surface area contributed by atoms with Crippen LogP contribution in [-0.4, -0.2) is 23.9 Å². The molecule has 0 bridgehead atoms. The van der Waals surface area contributed by atoms with Crippen molar-refractivity contribution in [2.45, 2.75) is 31.5 Å². The number of hydrogen-bond donors (Lipinski definition) is 1. The lowest BCUT2D eigenvalue weighted by Crippen LogP contribution is -2.39. The number of benzene rings is 1. The second-order valence-electron chi connectivity index (χ2n) is 5.14. The molecule has 1 atom stereocenters. The molecular formula is C14H17FO3. The van der Waals surface area contributed by atoms with Crippen LogP contribution in [0.15, 0.2) is 24.3 Å². The Morgan fingerprint density at radius 2 is 2.00 bits per heavy atom. The molecule has 1 fully saturated rings. The molecule has 0 aromatic heterocycles. The van der Waals surface area contributed by atoms with Crippen molar-refractivity contribution in [2.24, 2.45) is 5.92 Å². The zero-order valence-corrected chi connectivity index (χ0v) is 10.5. The lowest BCUT2D eigenvalue weighted by atomic mass is 9.69. The van der Waals surface area contributed by atoms with Gasteiger partial charge in [-0.15, -0.1) is 0 Å². The Bertz CT molecular complexity index is 431. The first-order chi connectivity index (χ1) is 8.43. The third-order valence-electron chi connectivity index (χ3n) is 3.50. The van der Waals surface area contributed by atoms with Gasteiger partial charge in [-0.2, -0.15) is 0 Å². The van der Waals surface area contributed by atoms with Gasteiger partial charge in [0.25, 0.3) is 0 Å². The molecule has 0 saturated heterocycles. The van der Waals surface area contributed by atoms with Gasteiger partial charge >= 0.3 is 5.97 Å². The Morgan fingerprint density at radius 3 is 2.44 bits per heavy atom. The fraction of sp³-hybridized carbons (Fsp3) is 0.500. The average molecular weight is 252 g/mol. The lowest BCUT2D eigenvalue weighted by Gasteiger charge is -2.41. The van der Waals surface area contributed by atoms with Gasteiger partial charge in [0, 0.05) is 0 Å². The number of aliphatic hydroxyl groups is 1. The minimum atomic E-state index is -1.14. The zero-order valence-electron chi connectivity index (χ0n) is 10.5. The molecule has 0 radical (unpaired) electrons. The summed E-state index contributed by atoms with van der Waals surface area (Å²) in [5.74, 6) is -0.444. The highest BCUT2D eigenvalue weighted by Gasteiger charge is 2.44. The van der Waals surface area contributed by atoms with Crippen molar-refractivity contribution in [3.8, 4) is 0 Å². The van der Waals surface area contributed by atoms with E-state index in [4.69, 9.17) is 0 Å². The number of alkyl halides is 1. The minimum Gasteiger partial charge on any atom is -0.465 e. The molecule has 0 amide bonds. The number of rotatable bonds is 3. The molecule has 98 valence electrons. The van der Waals surface area contributed by atoms with Crippen LogP contribution < -0.4 is 0 Å². The predicted molar refractivity (Wildman–Crippen MR) is 65.0 cm³/mol. The number of esters is 1. The third-order valence-corrected chi connectivity index (χ3v) is 3.50. The Balaban J connectivity index is 2.04. The van der Waals surface area contributed by atoms with E-state index in [1.807, 2.05) is 0 Å². The summed E-state index contributed by atoms with van der Waals surface area (Å²) in [7, 11) is 1.32. The molecule has 1 aliphatic rings. The van der Waals surface area contributed by atoms with Crippen molar-refractivity contribution in [1.82, 2.24) is 0 Å². The fourth-order valence-corrected chi connectivity index (χ4v) is 2.46. The first kappa shape index (κ1) is 13.0. The third kappa shape index (κ3) is 2.53. The molecule has 1 unspecified atom stereocenters. The molecule has 4 heteroatoms. The van der Waals surface area contributed by atoms with E-state index in [1.54, 1.807) is 31.2 Å². The summed E-state index contributed by atoms with van der Waals surface area (Å²) >= 11 is 0. The maximum Gasteiger partial charge on any atom is 0.337 e. The van der Waals surface area contributed by atoms with Crippen LogP contribution in [0.2, 0.25) is 0 Å². The number of ether oxygens (including phenoxy) is 1. The normalized spacial score (nSPS) is 28.3. The second kappa shape index (κ2) is 4.69. The standard InChI is InChI=1S/C14H17FO3/c1-14(15)7-11(8-14)12(16)9-3-5-10(6-4-9)13(17)18-2/h3-6,11-12,16H,7-8H2,1-2H3. The van der Waals surface area contributed by atoms with Gasteiger partial charge in [0.1, 0.15) is 5.67 Å². The van der Waals surface area contributed by atoms with Gasteiger partial charge in [0.15, 0.2) is 0 Å². The molecule has 0 heterocycles. The van der Waals surface area contributed by atoms with Gasteiger partial charge in [-0.25, -0.2) is 9.18 Å². The molecule has 1 aromatic rings. The SMILES string of the molecule is COC(=O)c1ccc(C(O)C2CC(C)(F)C2)cc1. The van der Waals surface area contributed by atoms with Crippen LogP contribution in [0.25, 0.3) is 0 Å². The summed E-state index contributed by atoms with van der Waals surface area (Å²) in [5.41, 5.74) is 0.0120. The number of halogens is 1. The van der Waals surface area contributed by atoms with Crippen LogP contribution >= 0.6 is 0 Å². The number of aliphatic hydroxyl groups excluding tert-OH is 1. The highest BCUT2D eigenvalue weighted by molar-refractivity contribution is 5.89. The summed E-state index contributed by atoms with van der Waals surface area (Å²) in [6.45, 7) is 1.55. The van der Waals surface area contributed by atoms with E-state index >= 15 is 0 Å². The number of hydrogen-bond acceptors (Lipinski definition) is 3. The molecule has 18 heavy (non-hydrogen) atoms. The summed E-state index contributed by atoms with van der Waals surface area (Å²) in [4.78, 5) is 11.2. The largest absolute Gasteiger partial charge is 0.465 e. The molecular weight excluding hydrogens is 235 g/mol. The predicted octanol–water partition coefficient (Wildman–Crippen LogP) is 2.64. The molecule has 1 saturated carbocycles. The molecule has 0 spiro atoms. The van der Waals surface area contributed by atoms with Crippen molar-refractivity contribution in [2.75, 3.05) is 7.11 Å². The van der Waals surface area contributed by atoms with Crippen molar-refractivity contribution in [1.29, 1.82) is 0 Å². The van der Waals surface area contributed by atoms with Gasteiger partial charge in [0.05, 0.1) is 18.8 Å². The molecule has 1 N–H and O–H groups in total. The highest BCUT2D eigenvalue weighted by Crippen LogP contribution is 2.46.